The zero-order chi connectivity index (χ0) is 15.4. The monoisotopic (exact) mass is 292 g/mol. The van der Waals surface area contributed by atoms with Crippen LogP contribution in [0.2, 0.25) is 0 Å². The van der Waals surface area contributed by atoms with E-state index in [0.29, 0.717) is 11.2 Å². The van der Waals surface area contributed by atoms with Gasteiger partial charge in [-0.25, -0.2) is 9.78 Å². The molecule has 0 atom stereocenters. The summed E-state index contributed by atoms with van der Waals surface area (Å²) in [4.78, 5) is 31.1. The highest BCUT2D eigenvalue weighted by Gasteiger charge is 2.15. The molecule has 0 amide bonds. The number of rotatable bonds is 7. The number of nitrogens with one attached hydrogen (secondary N) is 1. The summed E-state index contributed by atoms with van der Waals surface area (Å²) in [6.07, 6.45) is 6.62. The number of hydrogen-bond donors (Lipinski definition) is 1. The summed E-state index contributed by atoms with van der Waals surface area (Å²) in [6.45, 7) is 4.99. The first kappa shape index (κ1) is 15.5. The van der Waals surface area contributed by atoms with Gasteiger partial charge in [-0.3, -0.25) is 14.3 Å². The molecule has 2 heterocycles. The first-order valence-corrected chi connectivity index (χ1v) is 7.78. The molecule has 0 saturated heterocycles. The molecule has 0 unspecified atom stereocenters. The molecule has 0 aliphatic carbocycles. The smallest absolute Gasteiger partial charge is 0.322 e. The fourth-order valence-corrected chi connectivity index (χ4v) is 2.62. The summed E-state index contributed by atoms with van der Waals surface area (Å²) >= 11 is 0. The molecule has 0 saturated carbocycles. The van der Waals surface area contributed by atoms with Crippen LogP contribution in [0.5, 0.6) is 0 Å². The van der Waals surface area contributed by atoms with E-state index < -0.39 is 5.69 Å². The minimum absolute atomic E-state index is 0.269. The number of unbranched alkanes of at least 4 members (excludes halogenated alkanes) is 4. The van der Waals surface area contributed by atoms with E-state index in [9.17, 15) is 9.59 Å². The lowest BCUT2D eigenvalue weighted by molar-refractivity contribution is 0.562. The van der Waals surface area contributed by atoms with Gasteiger partial charge >= 0.3 is 5.69 Å². The van der Waals surface area contributed by atoms with Crippen molar-refractivity contribution in [1.82, 2.24) is 19.1 Å². The fraction of sp³-hybridized carbons (Fsp3) is 0.667. The van der Waals surface area contributed by atoms with E-state index >= 15 is 0 Å². The molecule has 0 radical (unpaired) electrons. The molecule has 6 nitrogen and oxygen atoms in total. The molecule has 0 spiro atoms. The van der Waals surface area contributed by atoms with Crippen LogP contribution >= 0.6 is 0 Å². The normalized spacial score (nSPS) is 11.4. The van der Waals surface area contributed by atoms with Gasteiger partial charge in [0.1, 0.15) is 5.82 Å². The van der Waals surface area contributed by atoms with Crippen molar-refractivity contribution < 1.29 is 0 Å². The molecule has 2 aromatic heterocycles. The number of H-pyrrole nitrogens is 1. The zero-order valence-electron chi connectivity index (χ0n) is 13.1. The lowest BCUT2D eigenvalue weighted by Gasteiger charge is -2.07. The Balaban J connectivity index is 2.35. The molecule has 2 rings (SSSR count). The predicted molar refractivity (Wildman–Crippen MR) is 83.7 cm³/mol. The molecule has 1 N–H and O–H groups in total. The molecular formula is C15H24N4O2. The van der Waals surface area contributed by atoms with Crippen molar-refractivity contribution in [3.05, 3.63) is 26.7 Å². The Morgan fingerprint density at radius 3 is 2.48 bits per heavy atom. The van der Waals surface area contributed by atoms with Gasteiger partial charge in [0.05, 0.1) is 0 Å². The Kier molecular flexibility index (Phi) is 4.98. The third kappa shape index (κ3) is 3.09. The molecule has 21 heavy (non-hydrogen) atoms. The third-order valence-corrected chi connectivity index (χ3v) is 3.89. The van der Waals surface area contributed by atoms with Gasteiger partial charge in [0.25, 0.3) is 5.56 Å². The highest BCUT2D eigenvalue weighted by atomic mass is 16.2. The summed E-state index contributed by atoms with van der Waals surface area (Å²) in [5.74, 6) is 0.861. The molecule has 0 bridgehead atoms. The Bertz CT molecular complexity index is 724. The number of aromatic amines is 1. The van der Waals surface area contributed by atoms with E-state index in [1.807, 2.05) is 11.5 Å². The molecule has 116 valence electrons. The molecular weight excluding hydrogens is 268 g/mol. The van der Waals surface area contributed by atoms with Crippen LogP contribution in [0, 0.1) is 0 Å². The van der Waals surface area contributed by atoms with Crippen molar-refractivity contribution >= 4 is 11.2 Å². The Labute approximate surface area is 123 Å². The van der Waals surface area contributed by atoms with Crippen LogP contribution in [-0.4, -0.2) is 19.1 Å². The summed E-state index contributed by atoms with van der Waals surface area (Å²) in [5, 5.41) is 0. The average molecular weight is 292 g/mol. The first-order valence-electron chi connectivity index (χ1n) is 7.78. The number of fused-ring (bicyclic) bond motifs is 1. The van der Waals surface area contributed by atoms with Crippen LogP contribution in [0.3, 0.4) is 0 Å². The second-order valence-corrected chi connectivity index (χ2v) is 5.44. The number of aryl methyl sites for hydroxylation is 2. The maximum absolute atomic E-state index is 12.3. The van der Waals surface area contributed by atoms with Crippen molar-refractivity contribution in [2.75, 3.05) is 0 Å². The van der Waals surface area contributed by atoms with Gasteiger partial charge < -0.3 is 4.57 Å². The second kappa shape index (κ2) is 6.74. The third-order valence-electron chi connectivity index (χ3n) is 3.89. The Hall–Kier alpha value is -1.85. The molecule has 0 aliphatic heterocycles. The van der Waals surface area contributed by atoms with E-state index in [1.165, 1.54) is 26.3 Å². The van der Waals surface area contributed by atoms with Crippen molar-refractivity contribution in [2.45, 2.75) is 58.9 Å². The molecule has 0 aliphatic rings. The van der Waals surface area contributed by atoms with E-state index in [2.05, 4.69) is 16.9 Å². The molecule has 0 fully saturated rings. The quantitative estimate of drug-likeness (QED) is 0.793. The summed E-state index contributed by atoms with van der Waals surface area (Å²) in [7, 11) is 1.49. The fourth-order valence-electron chi connectivity index (χ4n) is 2.62. The predicted octanol–water partition coefficient (Wildman–Crippen LogP) is 1.96. The van der Waals surface area contributed by atoms with E-state index in [1.54, 1.807) is 0 Å². The first-order chi connectivity index (χ1) is 10.1. The van der Waals surface area contributed by atoms with Gasteiger partial charge in [-0.2, -0.15) is 0 Å². The molecule has 6 heteroatoms. The highest BCUT2D eigenvalue weighted by Crippen LogP contribution is 2.13. The topological polar surface area (TPSA) is 72.7 Å². The van der Waals surface area contributed by atoms with Crippen LogP contribution < -0.4 is 11.2 Å². The van der Waals surface area contributed by atoms with E-state index in [4.69, 9.17) is 0 Å². The maximum Gasteiger partial charge on any atom is 0.329 e. The standard InChI is InChI=1S/C15H24N4O2/c1-4-6-7-8-9-10-19-11(5-2)16-13-12(19)14(20)18(3)15(21)17-13/h4-10H2,1-3H3,(H,17,21). The van der Waals surface area contributed by atoms with Crippen LogP contribution in [0.25, 0.3) is 11.2 Å². The minimum Gasteiger partial charge on any atom is -0.322 e. The number of nitrogens with zero attached hydrogens (tertiary/aromatic N) is 3. The number of hydrogen-bond acceptors (Lipinski definition) is 3. The lowest BCUT2D eigenvalue weighted by Crippen LogP contribution is -2.33. The highest BCUT2D eigenvalue weighted by molar-refractivity contribution is 5.70. The van der Waals surface area contributed by atoms with Gasteiger partial charge in [-0.05, 0) is 6.42 Å². The Morgan fingerprint density at radius 2 is 1.81 bits per heavy atom. The number of aromatic nitrogens is 4. The SMILES string of the molecule is CCCCCCCn1c(CC)nc2[nH]c(=O)n(C)c(=O)c21. The van der Waals surface area contributed by atoms with Crippen LogP contribution in [0.15, 0.2) is 9.59 Å². The van der Waals surface area contributed by atoms with Crippen LogP contribution in [0.1, 0.15) is 51.8 Å². The number of imidazole rings is 1. The minimum atomic E-state index is -0.414. The van der Waals surface area contributed by atoms with Crippen LogP contribution in [-0.2, 0) is 20.0 Å². The van der Waals surface area contributed by atoms with E-state index in [-0.39, 0.29) is 5.56 Å². The average Bonchev–Trinajstić information content (AvgIpc) is 2.82. The van der Waals surface area contributed by atoms with Gasteiger partial charge in [-0.1, -0.05) is 39.5 Å². The van der Waals surface area contributed by atoms with Gasteiger partial charge in [0, 0.05) is 20.0 Å². The Morgan fingerprint density at radius 1 is 1.10 bits per heavy atom. The summed E-state index contributed by atoms with van der Waals surface area (Å²) < 4.78 is 3.08. The summed E-state index contributed by atoms with van der Waals surface area (Å²) in [5.41, 5.74) is 0.246. The second-order valence-electron chi connectivity index (χ2n) is 5.44. The largest absolute Gasteiger partial charge is 0.329 e. The van der Waals surface area contributed by atoms with Gasteiger partial charge in [-0.15, -0.1) is 0 Å². The molecule has 2 aromatic rings. The maximum atomic E-state index is 12.3. The zero-order valence-corrected chi connectivity index (χ0v) is 13.1. The lowest BCUT2D eigenvalue weighted by atomic mass is 10.1. The van der Waals surface area contributed by atoms with E-state index in [0.717, 1.165) is 36.2 Å². The van der Waals surface area contributed by atoms with Gasteiger partial charge in [0.2, 0.25) is 0 Å². The van der Waals surface area contributed by atoms with Crippen molar-refractivity contribution in [3.8, 4) is 0 Å². The van der Waals surface area contributed by atoms with Crippen molar-refractivity contribution in [2.24, 2.45) is 7.05 Å². The summed E-state index contributed by atoms with van der Waals surface area (Å²) in [6, 6.07) is 0. The van der Waals surface area contributed by atoms with Gasteiger partial charge in [0.15, 0.2) is 11.2 Å². The van der Waals surface area contributed by atoms with Crippen molar-refractivity contribution in [3.63, 3.8) is 0 Å². The van der Waals surface area contributed by atoms with Crippen molar-refractivity contribution in [1.29, 1.82) is 0 Å². The van der Waals surface area contributed by atoms with Crippen LogP contribution in [0.4, 0.5) is 0 Å². The molecule has 0 aromatic carbocycles.